The Balaban J connectivity index is 1.55. The van der Waals surface area contributed by atoms with Crippen molar-refractivity contribution in [1.82, 2.24) is 15.0 Å². The highest BCUT2D eigenvalue weighted by atomic mass is 16.5. The van der Waals surface area contributed by atoms with Crippen molar-refractivity contribution in [3.8, 4) is 6.07 Å². The highest BCUT2D eigenvalue weighted by Gasteiger charge is 2.44. The number of rotatable bonds is 3. The number of piperazine rings is 1. The zero-order valence-corrected chi connectivity index (χ0v) is 13.0. The lowest BCUT2D eigenvalue weighted by molar-refractivity contribution is -0.140. The van der Waals surface area contributed by atoms with E-state index in [1.54, 1.807) is 0 Å². The first-order valence-corrected chi connectivity index (χ1v) is 7.98. The third kappa shape index (κ3) is 2.86. The molecule has 0 atom stereocenters. The predicted molar refractivity (Wildman–Crippen MR) is 79.6 cm³/mol. The number of carbonyl (C=O) groups excluding carboxylic acids is 1. The number of nitrogens with zero attached hydrogens (tertiary/aromatic N) is 4. The molecule has 118 valence electrons. The minimum absolute atomic E-state index is 0.0458. The second-order valence-corrected chi connectivity index (χ2v) is 6.40. The van der Waals surface area contributed by atoms with E-state index in [0.717, 1.165) is 56.8 Å². The van der Waals surface area contributed by atoms with Crippen LogP contribution in [0.15, 0.2) is 10.6 Å². The van der Waals surface area contributed by atoms with E-state index in [-0.39, 0.29) is 5.91 Å². The van der Waals surface area contributed by atoms with Crippen molar-refractivity contribution in [3.05, 3.63) is 17.5 Å². The fourth-order valence-corrected chi connectivity index (χ4v) is 3.49. The van der Waals surface area contributed by atoms with E-state index in [2.05, 4.69) is 16.1 Å². The third-order valence-electron chi connectivity index (χ3n) is 4.80. The van der Waals surface area contributed by atoms with Crippen LogP contribution in [0.5, 0.6) is 0 Å². The molecular formula is C16H22N4O2. The zero-order valence-electron chi connectivity index (χ0n) is 13.0. The van der Waals surface area contributed by atoms with Gasteiger partial charge in [-0.2, -0.15) is 5.26 Å². The summed E-state index contributed by atoms with van der Waals surface area (Å²) in [7, 11) is 0. The fourth-order valence-electron chi connectivity index (χ4n) is 3.49. The smallest absolute Gasteiger partial charge is 0.243 e. The average Bonchev–Trinajstić information content (AvgIpc) is 3.17. The van der Waals surface area contributed by atoms with Gasteiger partial charge in [0.05, 0.1) is 11.8 Å². The molecule has 22 heavy (non-hydrogen) atoms. The van der Waals surface area contributed by atoms with Gasteiger partial charge < -0.3 is 9.42 Å². The molecule has 1 amide bonds. The molecule has 0 unspecified atom stereocenters. The second-order valence-electron chi connectivity index (χ2n) is 6.40. The number of amides is 1. The Morgan fingerprint density at radius 2 is 2.05 bits per heavy atom. The Kier molecular flexibility index (Phi) is 4.16. The predicted octanol–water partition coefficient (Wildman–Crippen LogP) is 1.71. The number of nitriles is 1. The van der Waals surface area contributed by atoms with E-state index >= 15 is 0 Å². The van der Waals surface area contributed by atoms with Crippen molar-refractivity contribution >= 4 is 5.91 Å². The van der Waals surface area contributed by atoms with Gasteiger partial charge in [-0.15, -0.1) is 0 Å². The Hall–Kier alpha value is -1.87. The molecule has 0 spiro atoms. The van der Waals surface area contributed by atoms with E-state index in [4.69, 9.17) is 4.52 Å². The fraction of sp³-hybridized carbons (Fsp3) is 0.688. The summed E-state index contributed by atoms with van der Waals surface area (Å²) in [4.78, 5) is 16.8. The van der Waals surface area contributed by atoms with Gasteiger partial charge in [-0.1, -0.05) is 18.0 Å². The minimum atomic E-state index is -0.745. The van der Waals surface area contributed by atoms with Gasteiger partial charge in [-0.3, -0.25) is 9.69 Å². The van der Waals surface area contributed by atoms with Crippen LogP contribution in [0.3, 0.4) is 0 Å². The van der Waals surface area contributed by atoms with Gasteiger partial charge >= 0.3 is 0 Å². The topological polar surface area (TPSA) is 73.4 Å². The maximum Gasteiger partial charge on any atom is 0.243 e. The minimum Gasteiger partial charge on any atom is -0.361 e. The quantitative estimate of drug-likeness (QED) is 0.850. The van der Waals surface area contributed by atoms with Crippen LogP contribution in [0.2, 0.25) is 0 Å². The van der Waals surface area contributed by atoms with E-state index in [1.165, 1.54) is 0 Å². The first-order chi connectivity index (χ1) is 10.6. The Labute approximate surface area is 130 Å². The SMILES string of the molecule is Cc1cc(CN2CCN(C(=O)C3(C#N)CCCC3)CC2)no1. The Morgan fingerprint density at radius 3 is 2.59 bits per heavy atom. The summed E-state index contributed by atoms with van der Waals surface area (Å²) in [6, 6.07) is 4.25. The molecule has 0 N–H and O–H groups in total. The standard InChI is InChI=1S/C16H22N4O2/c1-13-10-14(18-22-13)11-19-6-8-20(9-7-19)15(21)16(12-17)4-2-3-5-16/h10H,2-9,11H2,1H3. The molecule has 1 aromatic rings. The molecule has 3 rings (SSSR count). The summed E-state index contributed by atoms with van der Waals surface area (Å²) >= 11 is 0. The number of aryl methyl sites for hydroxylation is 1. The van der Waals surface area contributed by atoms with Crippen LogP contribution in [0.25, 0.3) is 0 Å². The Bertz CT molecular complexity index is 575. The Morgan fingerprint density at radius 1 is 1.36 bits per heavy atom. The first-order valence-electron chi connectivity index (χ1n) is 7.98. The maximum atomic E-state index is 12.7. The van der Waals surface area contributed by atoms with Crippen LogP contribution < -0.4 is 0 Å². The molecule has 6 heteroatoms. The highest BCUT2D eigenvalue weighted by molar-refractivity contribution is 5.86. The van der Waals surface area contributed by atoms with Crippen LogP contribution in [0.4, 0.5) is 0 Å². The zero-order chi connectivity index (χ0) is 15.6. The van der Waals surface area contributed by atoms with E-state index in [1.807, 2.05) is 17.9 Å². The van der Waals surface area contributed by atoms with Crippen molar-refractivity contribution in [3.63, 3.8) is 0 Å². The van der Waals surface area contributed by atoms with Gasteiger partial charge in [0.2, 0.25) is 5.91 Å². The van der Waals surface area contributed by atoms with E-state index in [0.29, 0.717) is 13.1 Å². The van der Waals surface area contributed by atoms with Crippen LogP contribution in [-0.2, 0) is 11.3 Å². The average molecular weight is 302 g/mol. The molecule has 2 fully saturated rings. The van der Waals surface area contributed by atoms with Crippen LogP contribution in [0, 0.1) is 23.7 Å². The molecule has 1 saturated heterocycles. The molecule has 2 heterocycles. The molecule has 0 aromatic carbocycles. The normalized spacial score (nSPS) is 21.7. The lowest BCUT2D eigenvalue weighted by Gasteiger charge is -2.37. The number of carbonyl (C=O) groups is 1. The van der Waals surface area contributed by atoms with E-state index in [9.17, 15) is 10.1 Å². The van der Waals surface area contributed by atoms with Gasteiger partial charge in [0.25, 0.3) is 0 Å². The summed E-state index contributed by atoms with van der Waals surface area (Å²) < 4.78 is 5.08. The highest BCUT2D eigenvalue weighted by Crippen LogP contribution is 2.39. The summed E-state index contributed by atoms with van der Waals surface area (Å²) in [6.45, 7) is 5.66. The molecule has 0 bridgehead atoms. The summed E-state index contributed by atoms with van der Waals surface area (Å²) in [5.74, 6) is 0.866. The molecule has 2 aliphatic rings. The number of hydrogen-bond acceptors (Lipinski definition) is 5. The van der Waals surface area contributed by atoms with Crippen LogP contribution in [0.1, 0.15) is 37.1 Å². The lowest BCUT2D eigenvalue weighted by atomic mass is 9.86. The van der Waals surface area contributed by atoms with Crippen molar-refractivity contribution in [2.45, 2.75) is 39.2 Å². The number of aromatic nitrogens is 1. The van der Waals surface area contributed by atoms with Gasteiger partial charge in [-0.05, 0) is 19.8 Å². The number of hydrogen-bond donors (Lipinski definition) is 0. The first kappa shape index (κ1) is 15.0. The molecule has 6 nitrogen and oxygen atoms in total. The van der Waals surface area contributed by atoms with Crippen molar-refractivity contribution < 1.29 is 9.32 Å². The van der Waals surface area contributed by atoms with Gasteiger partial charge in [0.15, 0.2) is 0 Å². The summed E-state index contributed by atoms with van der Waals surface area (Å²) in [5.41, 5.74) is 0.187. The lowest BCUT2D eigenvalue weighted by Crippen LogP contribution is -2.52. The largest absolute Gasteiger partial charge is 0.361 e. The van der Waals surface area contributed by atoms with Gasteiger partial charge in [0.1, 0.15) is 11.2 Å². The molecule has 1 aliphatic carbocycles. The summed E-state index contributed by atoms with van der Waals surface area (Å²) in [6.07, 6.45) is 3.43. The van der Waals surface area contributed by atoms with Crippen molar-refractivity contribution in [2.24, 2.45) is 5.41 Å². The van der Waals surface area contributed by atoms with Crippen LogP contribution in [-0.4, -0.2) is 47.0 Å². The third-order valence-corrected chi connectivity index (χ3v) is 4.80. The molecular weight excluding hydrogens is 280 g/mol. The summed E-state index contributed by atoms with van der Waals surface area (Å²) in [5, 5.41) is 13.5. The van der Waals surface area contributed by atoms with E-state index < -0.39 is 5.41 Å². The van der Waals surface area contributed by atoms with Crippen molar-refractivity contribution in [1.29, 1.82) is 5.26 Å². The molecule has 1 saturated carbocycles. The van der Waals surface area contributed by atoms with Crippen LogP contribution >= 0.6 is 0 Å². The van der Waals surface area contributed by atoms with Crippen molar-refractivity contribution in [2.75, 3.05) is 26.2 Å². The molecule has 0 radical (unpaired) electrons. The molecule has 1 aliphatic heterocycles. The van der Waals surface area contributed by atoms with Gasteiger partial charge in [0, 0.05) is 38.8 Å². The molecule has 1 aromatic heterocycles. The second kappa shape index (κ2) is 6.09. The van der Waals surface area contributed by atoms with Gasteiger partial charge in [-0.25, -0.2) is 0 Å². The monoisotopic (exact) mass is 302 g/mol. The maximum absolute atomic E-state index is 12.7.